The topological polar surface area (TPSA) is 95.5 Å². The van der Waals surface area contributed by atoms with Crippen molar-refractivity contribution in [1.82, 2.24) is 15.1 Å². The highest BCUT2D eigenvalue weighted by Gasteiger charge is 2.31. The van der Waals surface area contributed by atoms with E-state index in [9.17, 15) is 9.59 Å². The number of carbonyl (C=O) groups is 2. The summed E-state index contributed by atoms with van der Waals surface area (Å²) in [6, 6.07) is 12.9. The molecule has 1 fully saturated rings. The number of rotatable bonds is 4. The first-order valence-corrected chi connectivity index (χ1v) is 11.1. The van der Waals surface area contributed by atoms with Gasteiger partial charge in [-0.05, 0) is 36.2 Å². The van der Waals surface area contributed by atoms with Gasteiger partial charge in [0.2, 0.25) is 24.6 Å². The zero-order valence-electron chi connectivity index (χ0n) is 18.5. The quantitative estimate of drug-likeness (QED) is 0.738. The van der Waals surface area contributed by atoms with Crippen LogP contribution in [0.25, 0.3) is 0 Å². The lowest BCUT2D eigenvalue weighted by atomic mass is 10.1. The molecule has 33 heavy (non-hydrogen) atoms. The van der Waals surface area contributed by atoms with Crippen molar-refractivity contribution in [3.63, 3.8) is 0 Å². The first-order valence-electron chi connectivity index (χ1n) is 11.1. The number of nitrogens with one attached hydrogen (secondary N) is 2. The van der Waals surface area contributed by atoms with Crippen molar-refractivity contribution in [3.8, 4) is 11.5 Å². The molecule has 2 aromatic rings. The Balaban J connectivity index is 1.19. The fraction of sp³-hybridized carbons (Fsp3) is 0.375. The van der Waals surface area contributed by atoms with Crippen molar-refractivity contribution >= 4 is 23.5 Å². The minimum atomic E-state index is -0.736. The second-order valence-corrected chi connectivity index (χ2v) is 8.48. The summed E-state index contributed by atoms with van der Waals surface area (Å²) >= 11 is 0. The molecule has 0 saturated carbocycles. The highest BCUT2D eigenvalue weighted by atomic mass is 16.7. The van der Waals surface area contributed by atoms with Gasteiger partial charge in [0.15, 0.2) is 11.5 Å². The van der Waals surface area contributed by atoms with Gasteiger partial charge in [0.1, 0.15) is 6.04 Å². The number of hydrogen-bond acceptors (Lipinski definition) is 7. The Hall–Kier alpha value is -3.59. The molecule has 172 valence electrons. The summed E-state index contributed by atoms with van der Waals surface area (Å²) in [5, 5.41) is 5.75. The van der Waals surface area contributed by atoms with Gasteiger partial charge in [-0.25, -0.2) is 4.99 Å². The molecule has 0 aromatic heterocycles. The minimum absolute atomic E-state index is 0.0469. The number of guanidine groups is 1. The highest BCUT2D eigenvalue weighted by Crippen LogP contribution is 2.32. The van der Waals surface area contributed by atoms with Gasteiger partial charge in [0.05, 0.1) is 6.42 Å². The van der Waals surface area contributed by atoms with E-state index in [4.69, 9.17) is 9.47 Å². The molecule has 2 aromatic carbocycles. The van der Waals surface area contributed by atoms with Gasteiger partial charge in [0.25, 0.3) is 0 Å². The number of piperazine rings is 1. The van der Waals surface area contributed by atoms with Crippen LogP contribution in [-0.2, 0) is 16.1 Å². The number of anilines is 1. The fourth-order valence-corrected chi connectivity index (χ4v) is 4.23. The number of carbonyl (C=O) groups excluding carboxylic acids is 2. The molecule has 2 amide bonds. The molecule has 0 spiro atoms. The second kappa shape index (κ2) is 9.11. The zero-order chi connectivity index (χ0) is 22.8. The Bertz CT molecular complexity index is 1090. The summed E-state index contributed by atoms with van der Waals surface area (Å²) in [5.41, 5.74) is 2.88. The predicted molar refractivity (Wildman–Crippen MR) is 123 cm³/mol. The molecular weight excluding hydrogens is 422 g/mol. The van der Waals surface area contributed by atoms with Crippen LogP contribution >= 0.6 is 0 Å². The smallest absolute Gasteiger partial charge is 0.249 e. The molecule has 2 N–H and O–H groups in total. The van der Waals surface area contributed by atoms with E-state index in [0.29, 0.717) is 5.96 Å². The van der Waals surface area contributed by atoms with Gasteiger partial charge in [-0.15, -0.1) is 0 Å². The molecule has 3 aliphatic heterocycles. The number of benzene rings is 2. The fourth-order valence-electron chi connectivity index (χ4n) is 4.23. The van der Waals surface area contributed by atoms with Crippen LogP contribution in [0.3, 0.4) is 0 Å². The van der Waals surface area contributed by atoms with E-state index in [2.05, 4.69) is 26.6 Å². The standard InChI is InChI=1S/C24H27N5O4/c1-16-4-2-3-5-18(16)25-23(31)19-13-22(30)27-24(26-19)29-10-8-28(9-11-29)14-17-6-7-20-21(12-17)33-15-32-20/h2-7,12,19H,8-11,13-15H2,1H3,(H,25,31)(H,26,27,30)/t19-/m0/s1. The van der Waals surface area contributed by atoms with E-state index in [0.717, 1.165) is 55.5 Å². The molecule has 9 nitrogen and oxygen atoms in total. The molecule has 0 unspecified atom stereocenters. The summed E-state index contributed by atoms with van der Waals surface area (Å²) in [6.45, 7) is 6.10. The number of fused-ring (bicyclic) bond motifs is 1. The van der Waals surface area contributed by atoms with Crippen LogP contribution in [0.15, 0.2) is 47.5 Å². The van der Waals surface area contributed by atoms with Crippen molar-refractivity contribution in [2.24, 2.45) is 4.99 Å². The van der Waals surface area contributed by atoms with E-state index in [-0.39, 0.29) is 25.0 Å². The molecule has 3 heterocycles. The number of hydrogen-bond donors (Lipinski definition) is 2. The lowest BCUT2D eigenvalue weighted by molar-refractivity contribution is -0.125. The maximum absolute atomic E-state index is 12.8. The van der Waals surface area contributed by atoms with Crippen molar-refractivity contribution in [1.29, 1.82) is 0 Å². The number of aryl methyl sites for hydroxylation is 1. The third kappa shape index (κ3) is 4.78. The second-order valence-electron chi connectivity index (χ2n) is 8.48. The first kappa shape index (κ1) is 21.3. The summed E-state index contributed by atoms with van der Waals surface area (Å²) in [7, 11) is 0. The number of aliphatic imine (C=N–C) groups is 1. The Kier molecular flexibility index (Phi) is 5.87. The van der Waals surface area contributed by atoms with Gasteiger partial charge < -0.3 is 19.7 Å². The lowest BCUT2D eigenvalue weighted by Crippen LogP contribution is -2.56. The average molecular weight is 450 g/mol. The first-order chi connectivity index (χ1) is 16.0. The van der Waals surface area contributed by atoms with Gasteiger partial charge in [-0.3, -0.25) is 19.8 Å². The highest BCUT2D eigenvalue weighted by molar-refractivity contribution is 6.06. The maximum Gasteiger partial charge on any atom is 0.249 e. The molecule has 5 rings (SSSR count). The zero-order valence-corrected chi connectivity index (χ0v) is 18.5. The van der Waals surface area contributed by atoms with Gasteiger partial charge >= 0.3 is 0 Å². The molecule has 3 aliphatic rings. The number of nitrogens with zero attached hydrogens (tertiary/aromatic N) is 3. The lowest BCUT2D eigenvalue weighted by Gasteiger charge is -2.37. The molecule has 0 aliphatic carbocycles. The normalized spacial score (nSPS) is 20.3. The predicted octanol–water partition coefficient (Wildman–Crippen LogP) is 1.72. The van der Waals surface area contributed by atoms with Crippen molar-refractivity contribution in [2.45, 2.75) is 25.9 Å². The molecule has 0 bridgehead atoms. The molecule has 9 heteroatoms. The number of ether oxygens (including phenoxy) is 2. The SMILES string of the molecule is Cc1ccccc1NC(=O)[C@@H]1CC(=O)NC(N2CCN(Cc3ccc4c(c3)OCO4)CC2)=N1. The van der Waals surface area contributed by atoms with Gasteiger partial charge in [0, 0.05) is 38.4 Å². The summed E-state index contributed by atoms with van der Waals surface area (Å²) in [5.74, 6) is 1.61. The summed E-state index contributed by atoms with van der Waals surface area (Å²) < 4.78 is 10.8. The van der Waals surface area contributed by atoms with E-state index in [1.807, 2.05) is 48.2 Å². The van der Waals surface area contributed by atoms with Crippen molar-refractivity contribution < 1.29 is 19.1 Å². The Morgan fingerprint density at radius 3 is 2.73 bits per heavy atom. The molecule has 0 radical (unpaired) electrons. The van der Waals surface area contributed by atoms with Gasteiger partial charge in [-0.1, -0.05) is 24.3 Å². The van der Waals surface area contributed by atoms with Crippen molar-refractivity contribution in [2.75, 3.05) is 38.3 Å². The van der Waals surface area contributed by atoms with Crippen LogP contribution in [0.1, 0.15) is 17.5 Å². The van der Waals surface area contributed by atoms with Gasteiger partial charge in [-0.2, -0.15) is 0 Å². The summed E-state index contributed by atoms with van der Waals surface area (Å²) in [4.78, 5) is 34.1. The Morgan fingerprint density at radius 1 is 1.12 bits per heavy atom. The van der Waals surface area contributed by atoms with E-state index >= 15 is 0 Å². The van der Waals surface area contributed by atoms with E-state index in [1.165, 1.54) is 5.56 Å². The molecule has 1 saturated heterocycles. The van der Waals surface area contributed by atoms with Crippen LogP contribution in [0.4, 0.5) is 5.69 Å². The number of para-hydroxylation sites is 1. The van der Waals surface area contributed by atoms with E-state index in [1.54, 1.807) is 0 Å². The largest absolute Gasteiger partial charge is 0.454 e. The minimum Gasteiger partial charge on any atom is -0.454 e. The molecular formula is C24H27N5O4. The van der Waals surface area contributed by atoms with Crippen LogP contribution < -0.4 is 20.1 Å². The Morgan fingerprint density at radius 2 is 1.91 bits per heavy atom. The molecule has 1 atom stereocenters. The van der Waals surface area contributed by atoms with Crippen LogP contribution in [-0.4, -0.2) is 66.6 Å². The maximum atomic E-state index is 12.8. The van der Waals surface area contributed by atoms with E-state index < -0.39 is 6.04 Å². The van der Waals surface area contributed by atoms with Crippen LogP contribution in [0, 0.1) is 6.92 Å². The number of amides is 2. The van der Waals surface area contributed by atoms with Crippen LogP contribution in [0.2, 0.25) is 0 Å². The monoisotopic (exact) mass is 449 g/mol. The Labute approximate surface area is 192 Å². The third-order valence-electron chi connectivity index (χ3n) is 6.13. The third-order valence-corrected chi connectivity index (χ3v) is 6.13. The average Bonchev–Trinajstić information content (AvgIpc) is 3.28. The van der Waals surface area contributed by atoms with Crippen molar-refractivity contribution in [3.05, 3.63) is 53.6 Å². The van der Waals surface area contributed by atoms with Crippen LogP contribution in [0.5, 0.6) is 11.5 Å². The summed E-state index contributed by atoms with van der Waals surface area (Å²) in [6.07, 6.45) is 0.0469.